The maximum atomic E-state index is 13.3. The molecule has 3 aromatic rings. The lowest BCUT2D eigenvalue weighted by atomic mass is 9.95. The number of halogens is 1. The third-order valence-electron chi connectivity index (χ3n) is 5.13. The van der Waals surface area contributed by atoms with Crippen molar-refractivity contribution in [3.8, 4) is 5.69 Å². The topological polar surface area (TPSA) is 90.1 Å². The third-order valence-corrected chi connectivity index (χ3v) is 5.13. The van der Waals surface area contributed by atoms with Crippen LogP contribution in [0.3, 0.4) is 0 Å². The number of aryl methyl sites for hydroxylation is 1. The van der Waals surface area contributed by atoms with E-state index in [0.717, 1.165) is 36.9 Å². The molecule has 7 nitrogen and oxygen atoms in total. The first-order chi connectivity index (χ1) is 13.9. The molecule has 0 bridgehead atoms. The smallest absolute Gasteiger partial charge is 0.276 e. The van der Waals surface area contributed by atoms with Crippen molar-refractivity contribution in [3.63, 3.8) is 0 Å². The van der Waals surface area contributed by atoms with Gasteiger partial charge in [-0.25, -0.2) is 9.07 Å². The maximum absolute atomic E-state index is 13.3. The van der Waals surface area contributed by atoms with E-state index in [1.165, 1.54) is 18.2 Å². The van der Waals surface area contributed by atoms with E-state index >= 15 is 0 Å². The highest BCUT2D eigenvalue weighted by Crippen LogP contribution is 2.28. The number of carbonyl (C=O) groups is 1. The number of nitrogens with one attached hydrogen (secondary N) is 1. The number of benzene rings is 2. The Labute approximate surface area is 166 Å². The van der Waals surface area contributed by atoms with Gasteiger partial charge in [-0.15, -0.1) is 0 Å². The molecule has 29 heavy (non-hydrogen) atoms. The predicted molar refractivity (Wildman–Crippen MR) is 106 cm³/mol. The number of fused-ring (bicyclic) bond motifs is 1. The van der Waals surface area contributed by atoms with E-state index < -0.39 is 10.8 Å². The maximum Gasteiger partial charge on any atom is 0.276 e. The fourth-order valence-electron chi connectivity index (χ4n) is 3.65. The number of anilines is 1. The van der Waals surface area contributed by atoms with Crippen LogP contribution < -0.4 is 5.32 Å². The van der Waals surface area contributed by atoms with Crippen LogP contribution in [-0.2, 0) is 12.8 Å². The molecule has 0 fully saturated rings. The molecule has 1 aliphatic carbocycles. The number of hydrogen-bond acceptors (Lipinski definition) is 4. The Morgan fingerprint density at radius 2 is 1.90 bits per heavy atom. The lowest BCUT2D eigenvalue weighted by molar-refractivity contribution is -0.385. The van der Waals surface area contributed by atoms with Crippen LogP contribution in [0.15, 0.2) is 42.5 Å². The predicted octanol–water partition coefficient (Wildman–Crippen LogP) is 4.36. The zero-order chi connectivity index (χ0) is 20.5. The largest absolute Gasteiger partial charge is 0.320 e. The lowest BCUT2D eigenvalue weighted by Gasteiger charge is -2.14. The van der Waals surface area contributed by atoms with Crippen LogP contribution in [0.2, 0.25) is 0 Å². The normalized spacial score (nSPS) is 13.0. The second kappa shape index (κ2) is 7.46. The molecule has 1 aromatic heterocycles. The van der Waals surface area contributed by atoms with Crippen LogP contribution in [0, 0.1) is 22.9 Å². The highest BCUT2D eigenvalue weighted by Gasteiger charge is 2.26. The zero-order valence-electron chi connectivity index (χ0n) is 15.8. The molecule has 0 saturated carbocycles. The van der Waals surface area contributed by atoms with Gasteiger partial charge in [0.15, 0.2) is 5.69 Å². The van der Waals surface area contributed by atoms with Crippen LogP contribution >= 0.6 is 0 Å². The molecule has 0 spiro atoms. The van der Waals surface area contributed by atoms with E-state index in [0.29, 0.717) is 22.6 Å². The summed E-state index contributed by atoms with van der Waals surface area (Å²) in [5.74, 6) is -0.754. The molecule has 0 saturated heterocycles. The van der Waals surface area contributed by atoms with Crippen molar-refractivity contribution in [2.45, 2.75) is 32.6 Å². The van der Waals surface area contributed by atoms with Gasteiger partial charge in [0, 0.05) is 28.6 Å². The summed E-state index contributed by atoms with van der Waals surface area (Å²) in [4.78, 5) is 23.6. The molecule has 1 amide bonds. The van der Waals surface area contributed by atoms with E-state index in [4.69, 9.17) is 0 Å². The standard InChI is InChI=1S/C21H19FN4O3/c1-13-6-9-15(12-19(13)26(28)29)23-21(27)20-17-4-2-3-5-18(17)25(24-20)16-10-7-14(22)8-11-16/h6-12H,2-5H2,1H3,(H,23,27). The molecule has 1 heterocycles. The summed E-state index contributed by atoms with van der Waals surface area (Å²) < 4.78 is 15.0. The van der Waals surface area contributed by atoms with E-state index in [2.05, 4.69) is 10.4 Å². The monoisotopic (exact) mass is 394 g/mol. The Kier molecular flexibility index (Phi) is 4.84. The van der Waals surface area contributed by atoms with Crippen molar-refractivity contribution in [2.24, 2.45) is 0 Å². The number of hydrogen-bond donors (Lipinski definition) is 1. The molecule has 2 aromatic carbocycles. The Hall–Kier alpha value is -3.55. The second-order valence-corrected chi connectivity index (χ2v) is 7.08. The highest BCUT2D eigenvalue weighted by molar-refractivity contribution is 6.04. The average Bonchev–Trinajstić information content (AvgIpc) is 3.10. The summed E-state index contributed by atoms with van der Waals surface area (Å²) in [6, 6.07) is 10.5. The molecular formula is C21H19FN4O3. The third kappa shape index (κ3) is 3.61. The molecule has 1 N–H and O–H groups in total. The minimum atomic E-state index is -0.476. The van der Waals surface area contributed by atoms with Gasteiger partial charge in [-0.1, -0.05) is 6.07 Å². The summed E-state index contributed by atoms with van der Waals surface area (Å²) in [7, 11) is 0. The summed E-state index contributed by atoms with van der Waals surface area (Å²) in [6.07, 6.45) is 3.46. The number of carbonyl (C=O) groups excluding carboxylic acids is 1. The Balaban J connectivity index is 1.70. The van der Waals surface area contributed by atoms with Crippen molar-refractivity contribution in [1.29, 1.82) is 0 Å². The van der Waals surface area contributed by atoms with E-state index in [9.17, 15) is 19.3 Å². The number of nitrogens with zero attached hydrogens (tertiary/aromatic N) is 3. The number of nitro groups is 1. The first kappa shape index (κ1) is 18.8. The van der Waals surface area contributed by atoms with Gasteiger partial charge >= 0.3 is 0 Å². The van der Waals surface area contributed by atoms with Crippen LogP contribution in [0.5, 0.6) is 0 Å². The van der Waals surface area contributed by atoms with Crippen LogP contribution in [0.4, 0.5) is 15.8 Å². The fraction of sp³-hybridized carbons (Fsp3) is 0.238. The first-order valence-electron chi connectivity index (χ1n) is 9.37. The fourth-order valence-corrected chi connectivity index (χ4v) is 3.65. The molecule has 1 aliphatic rings. The molecule has 4 rings (SSSR count). The van der Waals surface area contributed by atoms with Crippen molar-refractivity contribution < 1.29 is 14.1 Å². The van der Waals surface area contributed by atoms with E-state index in [1.54, 1.807) is 35.9 Å². The van der Waals surface area contributed by atoms with Crippen molar-refractivity contribution >= 4 is 17.3 Å². The van der Waals surface area contributed by atoms with E-state index in [1.807, 2.05) is 0 Å². The quantitative estimate of drug-likeness (QED) is 0.526. The Bertz CT molecular complexity index is 1110. The highest BCUT2D eigenvalue weighted by atomic mass is 19.1. The van der Waals surface area contributed by atoms with Gasteiger partial charge in [-0.05, 0) is 62.9 Å². The van der Waals surface area contributed by atoms with Crippen molar-refractivity contribution in [3.05, 3.63) is 80.9 Å². The second-order valence-electron chi connectivity index (χ2n) is 7.08. The Morgan fingerprint density at radius 3 is 2.62 bits per heavy atom. The Morgan fingerprint density at radius 1 is 1.17 bits per heavy atom. The molecule has 0 unspecified atom stereocenters. The molecule has 148 valence electrons. The molecular weight excluding hydrogens is 375 g/mol. The molecule has 0 aliphatic heterocycles. The average molecular weight is 394 g/mol. The first-order valence-corrected chi connectivity index (χ1v) is 9.37. The lowest BCUT2D eigenvalue weighted by Crippen LogP contribution is -2.15. The molecule has 0 radical (unpaired) electrons. The summed E-state index contributed by atoms with van der Waals surface area (Å²) >= 11 is 0. The van der Waals surface area contributed by atoms with Crippen LogP contribution in [0.25, 0.3) is 5.69 Å². The van der Waals surface area contributed by atoms with Crippen molar-refractivity contribution in [1.82, 2.24) is 9.78 Å². The zero-order valence-corrected chi connectivity index (χ0v) is 15.8. The van der Waals surface area contributed by atoms with Gasteiger partial charge in [0.1, 0.15) is 5.82 Å². The SMILES string of the molecule is Cc1ccc(NC(=O)c2nn(-c3ccc(F)cc3)c3c2CCCC3)cc1[N+](=O)[O-]. The van der Waals surface area contributed by atoms with Gasteiger partial charge in [-0.2, -0.15) is 5.10 Å². The van der Waals surface area contributed by atoms with Gasteiger partial charge in [0.2, 0.25) is 0 Å². The minimum absolute atomic E-state index is 0.0540. The summed E-state index contributed by atoms with van der Waals surface area (Å²) in [5.41, 5.74) is 3.62. The summed E-state index contributed by atoms with van der Waals surface area (Å²) in [6.45, 7) is 1.64. The molecule has 0 atom stereocenters. The van der Waals surface area contributed by atoms with Crippen LogP contribution in [0.1, 0.15) is 40.2 Å². The number of nitro benzene ring substituents is 1. The van der Waals surface area contributed by atoms with Crippen molar-refractivity contribution in [2.75, 3.05) is 5.32 Å². The number of amides is 1. The number of aromatic nitrogens is 2. The van der Waals surface area contributed by atoms with Gasteiger partial charge in [-0.3, -0.25) is 14.9 Å². The van der Waals surface area contributed by atoms with Gasteiger partial charge in [0.25, 0.3) is 11.6 Å². The number of rotatable bonds is 4. The minimum Gasteiger partial charge on any atom is -0.320 e. The van der Waals surface area contributed by atoms with Gasteiger partial charge < -0.3 is 5.32 Å². The van der Waals surface area contributed by atoms with Gasteiger partial charge in [0.05, 0.1) is 10.6 Å². The molecule has 8 heteroatoms. The van der Waals surface area contributed by atoms with E-state index in [-0.39, 0.29) is 11.5 Å². The van der Waals surface area contributed by atoms with Crippen LogP contribution in [-0.4, -0.2) is 20.6 Å². The summed E-state index contributed by atoms with van der Waals surface area (Å²) in [5, 5.41) is 18.4.